The maximum absolute atomic E-state index is 13.0. The van der Waals surface area contributed by atoms with Gasteiger partial charge in [-0.25, -0.2) is 4.39 Å². The third kappa shape index (κ3) is 3.19. The molecule has 4 nitrogen and oxygen atoms in total. The Kier molecular flexibility index (Phi) is 4.10. The van der Waals surface area contributed by atoms with E-state index in [2.05, 4.69) is 0 Å². The van der Waals surface area contributed by atoms with Gasteiger partial charge in [-0.1, -0.05) is 23.7 Å². The molecule has 0 amide bonds. The fourth-order valence-corrected chi connectivity index (χ4v) is 1.99. The number of nitro benzene ring substituents is 1. The summed E-state index contributed by atoms with van der Waals surface area (Å²) in [5.74, 6) is -0.843. The molecule has 0 bridgehead atoms. The molecule has 2 aromatic carbocycles. The minimum absolute atomic E-state index is 0.0603. The molecule has 2 rings (SSSR count). The predicted octanol–water partition coefficient (Wildman–Crippen LogP) is 3.81. The molecule has 0 unspecified atom stereocenters. The minimum atomic E-state index is -0.602. The van der Waals surface area contributed by atoms with Gasteiger partial charge >= 0.3 is 0 Å². The molecule has 0 saturated heterocycles. The second-order valence-corrected chi connectivity index (χ2v) is 4.56. The van der Waals surface area contributed by atoms with E-state index in [1.54, 1.807) is 6.07 Å². The highest BCUT2D eigenvalue weighted by Crippen LogP contribution is 2.23. The maximum atomic E-state index is 13.0. The number of nitrogens with zero attached hydrogens (tertiary/aromatic N) is 1. The Hall–Kier alpha value is -2.27. The summed E-state index contributed by atoms with van der Waals surface area (Å²) in [6.07, 6.45) is -0.0708. The lowest BCUT2D eigenvalue weighted by Gasteiger charge is -2.04. The quantitative estimate of drug-likeness (QED) is 0.489. The normalized spacial score (nSPS) is 10.3. The summed E-state index contributed by atoms with van der Waals surface area (Å²) in [7, 11) is 0. The van der Waals surface area contributed by atoms with Gasteiger partial charge in [0, 0.05) is 24.1 Å². The number of nitro groups is 1. The average molecular weight is 294 g/mol. The van der Waals surface area contributed by atoms with Gasteiger partial charge in [-0.3, -0.25) is 14.9 Å². The van der Waals surface area contributed by atoms with E-state index >= 15 is 0 Å². The maximum Gasteiger partial charge on any atom is 0.270 e. The van der Waals surface area contributed by atoms with Crippen LogP contribution in [0.1, 0.15) is 15.9 Å². The second kappa shape index (κ2) is 5.79. The molecule has 0 fully saturated rings. The average Bonchev–Trinajstić information content (AvgIpc) is 2.38. The fourth-order valence-electron chi connectivity index (χ4n) is 1.77. The van der Waals surface area contributed by atoms with Gasteiger partial charge in [0.2, 0.25) is 0 Å². The molecule has 0 aromatic heterocycles. The van der Waals surface area contributed by atoms with Crippen molar-refractivity contribution >= 4 is 23.1 Å². The smallest absolute Gasteiger partial charge is 0.270 e. The molecule has 20 heavy (non-hydrogen) atoms. The molecule has 0 atom stereocenters. The van der Waals surface area contributed by atoms with Gasteiger partial charge in [0.05, 0.1) is 9.95 Å². The lowest BCUT2D eigenvalue weighted by molar-refractivity contribution is -0.384. The summed E-state index contributed by atoms with van der Waals surface area (Å²) in [4.78, 5) is 22.2. The van der Waals surface area contributed by atoms with Crippen LogP contribution in [0.3, 0.4) is 0 Å². The Labute approximate surface area is 119 Å². The summed E-state index contributed by atoms with van der Waals surface area (Å²) in [6.45, 7) is 0. The largest absolute Gasteiger partial charge is 0.294 e. The number of rotatable bonds is 4. The van der Waals surface area contributed by atoms with Gasteiger partial charge in [0.15, 0.2) is 5.78 Å². The highest BCUT2D eigenvalue weighted by molar-refractivity contribution is 6.34. The molecule has 0 spiro atoms. The zero-order valence-corrected chi connectivity index (χ0v) is 10.9. The molecule has 0 saturated carbocycles. The molecule has 0 aliphatic heterocycles. The Morgan fingerprint density at radius 1 is 1.25 bits per heavy atom. The first kappa shape index (κ1) is 14.1. The topological polar surface area (TPSA) is 60.2 Å². The molecule has 0 aliphatic carbocycles. The van der Waals surface area contributed by atoms with E-state index < -0.39 is 16.5 Å². The first-order chi connectivity index (χ1) is 9.47. The summed E-state index contributed by atoms with van der Waals surface area (Å²) < 4.78 is 13.0. The van der Waals surface area contributed by atoms with Gasteiger partial charge in [-0.05, 0) is 23.8 Å². The lowest BCUT2D eigenvalue weighted by atomic mass is 10.0. The van der Waals surface area contributed by atoms with E-state index in [-0.39, 0.29) is 22.7 Å². The van der Waals surface area contributed by atoms with Crippen molar-refractivity contribution in [2.45, 2.75) is 6.42 Å². The number of halogens is 2. The molecule has 0 radical (unpaired) electrons. The van der Waals surface area contributed by atoms with Crippen molar-refractivity contribution < 1.29 is 14.1 Å². The minimum Gasteiger partial charge on any atom is -0.294 e. The van der Waals surface area contributed by atoms with Gasteiger partial charge in [-0.15, -0.1) is 0 Å². The summed E-state index contributed by atoms with van der Waals surface area (Å²) in [6, 6.07) is 9.26. The van der Waals surface area contributed by atoms with Crippen LogP contribution in [0.15, 0.2) is 42.5 Å². The number of hydrogen-bond donors (Lipinski definition) is 0. The van der Waals surface area contributed by atoms with Gasteiger partial charge in [0.1, 0.15) is 5.82 Å². The highest BCUT2D eigenvalue weighted by atomic mass is 35.5. The van der Waals surface area contributed by atoms with Crippen LogP contribution in [0.25, 0.3) is 0 Å². The van der Waals surface area contributed by atoms with Crippen molar-refractivity contribution in [3.8, 4) is 0 Å². The molecule has 0 aliphatic rings. The van der Waals surface area contributed by atoms with Crippen molar-refractivity contribution in [3.63, 3.8) is 0 Å². The van der Waals surface area contributed by atoms with Crippen molar-refractivity contribution in [1.82, 2.24) is 0 Å². The Morgan fingerprint density at radius 2 is 2.00 bits per heavy atom. The SMILES string of the molecule is O=C(Cc1cccc(F)c1)c1cc([N+](=O)[O-])ccc1Cl. The predicted molar refractivity (Wildman–Crippen MR) is 72.5 cm³/mol. The number of benzene rings is 2. The zero-order valence-electron chi connectivity index (χ0n) is 10.2. The van der Waals surface area contributed by atoms with E-state index in [9.17, 15) is 19.3 Å². The number of ketones is 1. The fraction of sp³-hybridized carbons (Fsp3) is 0.0714. The third-order valence-electron chi connectivity index (χ3n) is 2.71. The first-order valence-electron chi connectivity index (χ1n) is 5.69. The van der Waals surface area contributed by atoms with Crippen molar-refractivity contribution in [2.24, 2.45) is 0 Å². The van der Waals surface area contributed by atoms with Crippen molar-refractivity contribution in [1.29, 1.82) is 0 Å². The third-order valence-corrected chi connectivity index (χ3v) is 3.04. The monoisotopic (exact) mass is 293 g/mol. The number of Topliss-reactive ketones (excluding diaryl/α,β-unsaturated/α-hetero) is 1. The molecule has 6 heteroatoms. The van der Waals surface area contributed by atoms with Crippen LogP contribution in [0.5, 0.6) is 0 Å². The molecular formula is C14H9ClFNO3. The van der Waals surface area contributed by atoms with E-state index in [4.69, 9.17) is 11.6 Å². The van der Waals surface area contributed by atoms with Gasteiger partial charge < -0.3 is 0 Å². The van der Waals surface area contributed by atoms with Crippen molar-refractivity contribution in [3.05, 3.63) is 74.5 Å². The van der Waals surface area contributed by atoms with Crippen LogP contribution < -0.4 is 0 Å². The number of carbonyl (C=O) groups is 1. The van der Waals surface area contributed by atoms with Crippen LogP contribution in [-0.4, -0.2) is 10.7 Å². The lowest BCUT2D eigenvalue weighted by Crippen LogP contribution is -2.05. The molecule has 0 N–H and O–H groups in total. The van der Waals surface area contributed by atoms with Gasteiger partial charge in [-0.2, -0.15) is 0 Å². The van der Waals surface area contributed by atoms with E-state index in [1.807, 2.05) is 0 Å². The molecule has 2 aromatic rings. The highest BCUT2D eigenvalue weighted by Gasteiger charge is 2.16. The summed E-state index contributed by atoms with van der Waals surface area (Å²) in [5.41, 5.74) is 0.333. The summed E-state index contributed by atoms with van der Waals surface area (Å²) in [5, 5.41) is 10.8. The molecule has 0 heterocycles. The van der Waals surface area contributed by atoms with E-state index in [0.717, 1.165) is 6.07 Å². The van der Waals surface area contributed by atoms with Gasteiger partial charge in [0.25, 0.3) is 5.69 Å². The number of carbonyl (C=O) groups excluding carboxylic acids is 1. The van der Waals surface area contributed by atoms with Crippen LogP contribution >= 0.6 is 11.6 Å². The van der Waals surface area contributed by atoms with E-state index in [1.165, 1.54) is 30.3 Å². The Bertz CT molecular complexity index is 688. The van der Waals surface area contributed by atoms with Crippen LogP contribution in [0.4, 0.5) is 10.1 Å². The second-order valence-electron chi connectivity index (χ2n) is 4.15. The van der Waals surface area contributed by atoms with Crippen LogP contribution in [-0.2, 0) is 6.42 Å². The number of non-ortho nitro benzene ring substituents is 1. The zero-order chi connectivity index (χ0) is 14.7. The molecular weight excluding hydrogens is 285 g/mol. The molecule has 102 valence electrons. The number of hydrogen-bond acceptors (Lipinski definition) is 3. The first-order valence-corrected chi connectivity index (χ1v) is 6.07. The van der Waals surface area contributed by atoms with Crippen LogP contribution in [0, 0.1) is 15.9 Å². The van der Waals surface area contributed by atoms with E-state index in [0.29, 0.717) is 5.56 Å². The van der Waals surface area contributed by atoms with Crippen molar-refractivity contribution in [2.75, 3.05) is 0 Å². The standard InChI is InChI=1S/C14H9ClFNO3/c15-13-5-4-11(17(19)20)8-12(13)14(18)7-9-2-1-3-10(16)6-9/h1-6,8H,7H2. The van der Waals surface area contributed by atoms with Crippen LogP contribution in [0.2, 0.25) is 5.02 Å². The summed E-state index contributed by atoms with van der Waals surface area (Å²) >= 11 is 5.88. The Morgan fingerprint density at radius 3 is 2.65 bits per heavy atom. The Balaban J connectivity index is 2.29.